The van der Waals surface area contributed by atoms with Crippen LogP contribution in [0.3, 0.4) is 0 Å². The first-order valence-electron chi connectivity index (χ1n) is 5.63. The van der Waals surface area contributed by atoms with Crippen molar-refractivity contribution in [2.45, 2.75) is 23.0 Å². The second kappa shape index (κ2) is 5.32. The predicted molar refractivity (Wildman–Crippen MR) is 70.7 cm³/mol. The Hall–Kier alpha value is -1.01. The van der Waals surface area contributed by atoms with Gasteiger partial charge in [-0.15, -0.1) is 11.8 Å². The summed E-state index contributed by atoms with van der Waals surface area (Å²) >= 11 is 1.57. The van der Waals surface area contributed by atoms with Crippen molar-refractivity contribution in [2.24, 2.45) is 0 Å². The molecule has 0 spiro atoms. The van der Waals surface area contributed by atoms with E-state index in [2.05, 4.69) is 0 Å². The first-order chi connectivity index (χ1) is 8.46. The molecule has 2 rings (SSSR count). The Morgan fingerprint density at radius 1 is 1.39 bits per heavy atom. The van der Waals surface area contributed by atoms with E-state index in [0.717, 1.165) is 11.3 Å². The Labute approximate surface area is 110 Å². The van der Waals surface area contributed by atoms with Gasteiger partial charge in [0.05, 0.1) is 17.9 Å². The maximum Gasteiger partial charge on any atom is 0.304 e. The molecule has 18 heavy (non-hydrogen) atoms. The predicted octanol–water partition coefficient (Wildman–Crippen LogP) is 1.59. The molecular weight excluding hydrogens is 272 g/mol. The highest BCUT2D eigenvalue weighted by molar-refractivity contribution is 8.01. The average molecular weight is 286 g/mol. The number of aliphatic carboxylic acids is 1. The van der Waals surface area contributed by atoms with Gasteiger partial charge in [0.2, 0.25) is 0 Å². The number of hydrogen-bond acceptors (Lipinski definition) is 4. The molecule has 1 aliphatic heterocycles. The number of benzene rings is 1. The number of hydrogen-bond donors (Lipinski definition) is 1. The quantitative estimate of drug-likeness (QED) is 0.890. The van der Waals surface area contributed by atoms with Crippen molar-refractivity contribution in [2.75, 3.05) is 11.5 Å². The minimum atomic E-state index is -3.28. The van der Waals surface area contributed by atoms with Gasteiger partial charge in [-0.25, -0.2) is 8.42 Å². The van der Waals surface area contributed by atoms with E-state index in [1.807, 2.05) is 24.3 Å². The lowest BCUT2D eigenvalue weighted by molar-refractivity contribution is -0.136. The van der Waals surface area contributed by atoms with Crippen LogP contribution in [0, 0.1) is 0 Å². The summed E-state index contributed by atoms with van der Waals surface area (Å²) in [6.07, 6.45) is 0.430. The van der Waals surface area contributed by atoms with E-state index < -0.39 is 15.8 Å². The van der Waals surface area contributed by atoms with Crippen LogP contribution in [0.2, 0.25) is 0 Å². The average Bonchev–Trinajstić information content (AvgIpc) is 2.67. The SMILES string of the molecule is O=C(O)CCS(=O)(=O)CC1Cc2ccccc2S1. The number of thioether (sulfide) groups is 1. The monoisotopic (exact) mass is 286 g/mol. The van der Waals surface area contributed by atoms with Gasteiger partial charge in [-0.3, -0.25) is 4.79 Å². The molecule has 0 fully saturated rings. The molecule has 0 amide bonds. The third-order valence-corrected chi connectivity index (χ3v) is 6.05. The molecule has 98 valence electrons. The van der Waals surface area contributed by atoms with Gasteiger partial charge in [-0.05, 0) is 18.1 Å². The van der Waals surface area contributed by atoms with Crippen molar-refractivity contribution in [1.82, 2.24) is 0 Å². The molecule has 0 radical (unpaired) electrons. The molecule has 1 unspecified atom stereocenters. The van der Waals surface area contributed by atoms with Crippen LogP contribution < -0.4 is 0 Å². The lowest BCUT2D eigenvalue weighted by Crippen LogP contribution is -2.21. The van der Waals surface area contributed by atoms with Gasteiger partial charge < -0.3 is 5.11 Å². The van der Waals surface area contributed by atoms with Crippen LogP contribution in [-0.4, -0.2) is 36.2 Å². The number of fused-ring (bicyclic) bond motifs is 1. The molecule has 0 saturated heterocycles. The van der Waals surface area contributed by atoms with Crippen molar-refractivity contribution in [3.63, 3.8) is 0 Å². The van der Waals surface area contributed by atoms with Gasteiger partial charge in [0, 0.05) is 10.1 Å². The highest BCUT2D eigenvalue weighted by atomic mass is 32.2. The van der Waals surface area contributed by atoms with E-state index in [1.54, 1.807) is 11.8 Å². The molecule has 1 atom stereocenters. The number of carboxylic acids is 1. The molecule has 4 nitrogen and oxygen atoms in total. The van der Waals surface area contributed by atoms with Crippen LogP contribution >= 0.6 is 11.8 Å². The Balaban J connectivity index is 1.95. The van der Waals surface area contributed by atoms with Crippen LogP contribution in [-0.2, 0) is 21.1 Å². The van der Waals surface area contributed by atoms with Gasteiger partial charge >= 0.3 is 5.97 Å². The molecule has 0 aromatic heterocycles. The molecule has 0 aliphatic carbocycles. The summed E-state index contributed by atoms with van der Waals surface area (Å²) in [5, 5.41) is 8.53. The van der Waals surface area contributed by atoms with Crippen molar-refractivity contribution < 1.29 is 18.3 Å². The standard InChI is InChI=1S/C12H14O4S2/c13-12(14)5-6-18(15,16)8-10-7-9-3-1-2-4-11(9)17-10/h1-4,10H,5-8H2,(H,13,14). The molecule has 1 aliphatic rings. The lowest BCUT2D eigenvalue weighted by Gasteiger charge is -2.08. The van der Waals surface area contributed by atoms with Gasteiger partial charge in [0.15, 0.2) is 9.84 Å². The number of carboxylic acid groups (broad SMARTS) is 1. The van der Waals surface area contributed by atoms with Crippen LogP contribution in [0.5, 0.6) is 0 Å². The maximum absolute atomic E-state index is 11.8. The van der Waals surface area contributed by atoms with Gasteiger partial charge in [-0.1, -0.05) is 18.2 Å². The summed E-state index contributed by atoms with van der Waals surface area (Å²) in [5.74, 6) is -1.28. The van der Waals surface area contributed by atoms with Crippen LogP contribution in [0.25, 0.3) is 0 Å². The molecular formula is C12H14O4S2. The van der Waals surface area contributed by atoms with Crippen molar-refractivity contribution in [3.8, 4) is 0 Å². The summed E-state index contributed by atoms with van der Waals surface area (Å²) in [4.78, 5) is 11.5. The van der Waals surface area contributed by atoms with Gasteiger partial charge in [-0.2, -0.15) is 0 Å². The Morgan fingerprint density at radius 2 is 2.11 bits per heavy atom. The van der Waals surface area contributed by atoms with Crippen LogP contribution in [0.15, 0.2) is 29.2 Å². The zero-order valence-corrected chi connectivity index (χ0v) is 11.3. The fourth-order valence-electron chi connectivity index (χ4n) is 1.96. The van der Waals surface area contributed by atoms with Crippen molar-refractivity contribution in [3.05, 3.63) is 29.8 Å². The molecule has 0 bridgehead atoms. The Kier molecular flexibility index (Phi) is 3.97. The van der Waals surface area contributed by atoms with E-state index in [-0.39, 0.29) is 23.2 Å². The molecule has 1 aromatic carbocycles. The second-order valence-corrected chi connectivity index (χ2v) is 7.88. The summed E-state index contributed by atoms with van der Waals surface area (Å²) in [6, 6.07) is 7.88. The normalized spacial score (nSPS) is 18.6. The molecule has 1 aromatic rings. The highest BCUT2D eigenvalue weighted by Crippen LogP contribution is 2.37. The third-order valence-electron chi connectivity index (χ3n) is 2.78. The fourth-order valence-corrected chi connectivity index (χ4v) is 5.27. The van der Waals surface area contributed by atoms with E-state index >= 15 is 0 Å². The van der Waals surface area contributed by atoms with Crippen LogP contribution in [0.1, 0.15) is 12.0 Å². The third kappa shape index (κ3) is 3.49. The highest BCUT2D eigenvalue weighted by Gasteiger charge is 2.27. The number of sulfone groups is 1. The minimum absolute atomic E-state index is 0.0150. The van der Waals surface area contributed by atoms with Gasteiger partial charge in [0.25, 0.3) is 0 Å². The summed E-state index contributed by atoms with van der Waals surface area (Å²) in [7, 11) is -3.28. The zero-order valence-electron chi connectivity index (χ0n) is 9.70. The van der Waals surface area contributed by atoms with Crippen molar-refractivity contribution in [1.29, 1.82) is 0 Å². The molecule has 1 N–H and O–H groups in total. The van der Waals surface area contributed by atoms with E-state index in [4.69, 9.17) is 5.11 Å². The van der Waals surface area contributed by atoms with Crippen LogP contribution in [0.4, 0.5) is 0 Å². The molecule has 0 saturated carbocycles. The smallest absolute Gasteiger partial charge is 0.304 e. The Bertz CT molecular complexity index is 526. The zero-order chi connectivity index (χ0) is 13.2. The summed E-state index contributed by atoms with van der Waals surface area (Å²) in [5.41, 5.74) is 1.18. The lowest BCUT2D eigenvalue weighted by atomic mass is 10.1. The van der Waals surface area contributed by atoms with E-state index in [9.17, 15) is 13.2 Å². The minimum Gasteiger partial charge on any atom is -0.481 e. The van der Waals surface area contributed by atoms with Crippen molar-refractivity contribution >= 4 is 27.6 Å². The first-order valence-corrected chi connectivity index (χ1v) is 8.33. The molecule has 6 heteroatoms. The van der Waals surface area contributed by atoms with E-state index in [0.29, 0.717) is 0 Å². The number of carbonyl (C=O) groups is 1. The summed E-state index contributed by atoms with van der Waals surface area (Å²) < 4.78 is 23.5. The maximum atomic E-state index is 11.8. The van der Waals surface area contributed by atoms with Gasteiger partial charge in [0.1, 0.15) is 0 Å². The fraction of sp³-hybridized carbons (Fsp3) is 0.417. The second-order valence-electron chi connectivity index (χ2n) is 4.31. The first kappa shape index (κ1) is 13.4. The number of rotatable bonds is 5. The summed E-state index contributed by atoms with van der Waals surface area (Å²) in [6.45, 7) is 0. The largest absolute Gasteiger partial charge is 0.481 e. The van der Waals surface area contributed by atoms with E-state index in [1.165, 1.54) is 5.56 Å². The topological polar surface area (TPSA) is 71.4 Å². The molecule has 1 heterocycles. The Morgan fingerprint density at radius 3 is 2.78 bits per heavy atom.